The van der Waals surface area contributed by atoms with Gasteiger partial charge in [0.25, 0.3) is 0 Å². The van der Waals surface area contributed by atoms with Crippen LogP contribution in [0.2, 0.25) is 0 Å². The molecule has 0 radical (unpaired) electrons. The molecule has 1 aliphatic rings. The summed E-state index contributed by atoms with van der Waals surface area (Å²) in [4.78, 5) is 4.92. The third kappa shape index (κ3) is 10.4. The first-order chi connectivity index (χ1) is 18.7. The molecule has 1 fully saturated rings. The molecule has 4 nitrogen and oxygen atoms in total. The lowest BCUT2D eigenvalue weighted by Crippen LogP contribution is -2.26. The summed E-state index contributed by atoms with van der Waals surface area (Å²) in [6, 6.07) is 0.395. The molecule has 0 saturated carbocycles. The first-order valence-corrected chi connectivity index (χ1v) is 12.1. The quantitative estimate of drug-likeness (QED) is 0.270. The zero-order chi connectivity index (χ0) is 32.6. The Morgan fingerprint density at radius 3 is 1.22 bits per heavy atom. The number of aliphatic hydroxyl groups excluding tert-OH is 1. The van der Waals surface area contributed by atoms with E-state index in [1.165, 1.54) is 6.42 Å². The molecule has 0 spiro atoms. The molecule has 0 aromatic carbocycles. The third-order valence-electron chi connectivity index (χ3n) is 4.44. The summed E-state index contributed by atoms with van der Waals surface area (Å²) in [6.07, 6.45) is -22.0. The second kappa shape index (κ2) is 14.7. The molecule has 3 rings (SSSR count). The topological polar surface area (TPSA) is 55.2 Å². The molecule has 16 heteroatoms. The van der Waals surface area contributed by atoms with Gasteiger partial charge in [-0.3, -0.25) is 0 Å². The summed E-state index contributed by atoms with van der Waals surface area (Å²) in [5.74, 6) is -1.26. The molecular weight excluding hydrogens is 588 g/mol. The van der Waals surface area contributed by atoms with Gasteiger partial charge in [0.05, 0.1) is 6.61 Å². The Hall–Kier alpha value is -3.04. The number of rotatable bonds is 2. The van der Waals surface area contributed by atoms with E-state index in [0.717, 1.165) is 0 Å². The molecule has 1 atom stereocenters. The number of aromatic nitrogens is 2. The number of alkyl halides is 12. The lowest BCUT2D eigenvalue weighted by molar-refractivity contribution is -0.151. The molecule has 3 heterocycles. The van der Waals surface area contributed by atoms with Gasteiger partial charge in [-0.05, 0) is 29.8 Å². The van der Waals surface area contributed by atoms with Gasteiger partial charge in [-0.15, -0.1) is 0 Å². The van der Waals surface area contributed by atoms with Gasteiger partial charge >= 0.3 is 24.7 Å². The van der Waals surface area contributed by atoms with Gasteiger partial charge in [0.2, 0.25) is 0 Å². The second-order valence-electron chi connectivity index (χ2n) is 7.56. The summed E-state index contributed by atoms with van der Waals surface area (Å²) in [5, 5.41) is 10.3. The number of halogens is 12. The van der Waals surface area contributed by atoms with Crippen molar-refractivity contribution < 1.29 is 62.5 Å². The van der Waals surface area contributed by atoms with Crippen LogP contribution in [0.25, 0.3) is 5.76 Å². The normalized spacial score (nSPS) is 16.6. The van der Waals surface area contributed by atoms with Gasteiger partial charge in [0, 0.05) is 11.1 Å². The maximum absolute atomic E-state index is 13.0. The molecular formula is C25H28F12N2O2. The van der Waals surface area contributed by atoms with Crippen molar-refractivity contribution >= 4 is 5.76 Å². The maximum atomic E-state index is 13.0. The Balaban J connectivity index is 0.00000210. The van der Waals surface area contributed by atoms with E-state index in [1.807, 2.05) is 27.7 Å². The first-order valence-electron chi connectivity index (χ1n) is 12.1. The van der Waals surface area contributed by atoms with E-state index in [1.54, 1.807) is 0 Å². The van der Waals surface area contributed by atoms with Gasteiger partial charge in [0.15, 0.2) is 0 Å². The van der Waals surface area contributed by atoms with Crippen LogP contribution in [0, 0.1) is 0 Å². The van der Waals surface area contributed by atoms with Crippen molar-refractivity contribution in [2.75, 3.05) is 6.61 Å². The Morgan fingerprint density at radius 2 is 0.976 bits per heavy atom. The fourth-order valence-electron chi connectivity index (χ4n) is 2.88. The Bertz CT molecular complexity index is 1090. The van der Waals surface area contributed by atoms with Gasteiger partial charge in [-0.2, -0.15) is 52.7 Å². The highest BCUT2D eigenvalue weighted by Crippen LogP contribution is 2.43. The van der Waals surface area contributed by atoms with Gasteiger partial charge in [-0.1, -0.05) is 48.0 Å². The SMILES string of the molecule is CC.CC.CCC.O/C(=C1/COC1c1cc(C(F)(F)F)nc(C(F)(F)F)c1)c1cc(C(F)(F)F)nc(C(F)(F)F)c1. The van der Waals surface area contributed by atoms with E-state index >= 15 is 0 Å². The molecule has 0 bridgehead atoms. The molecule has 0 amide bonds. The van der Waals surface area contributed by atoms with Gasteiger partial charge in [-0.25, -0.2) is 9.97 Å². The Morgan fingerprint density at radius 1 is 0.683 bits per heavy atom. The van der Waals surface area contributed by atoms with Gasteiger partial charge in [0.1, 0.15) is 34.6 Å². The summed E-state index contributed by atoms with van der Waals surface area (Å²) in [7, 11) is 0. The van der Waals surface area contributed by atoms with Crippen LogP contribution >= 0.6 is 0 Å². The highest BCUT2D eigenvalue weighted by molar-refractivity contribution is 5.65. The smallest absolute Gasteiger partial charge is 0.433 e. The third-order valence-corrected chi connectivity index (χ3v) is 4.44. The van der Waals surface area contributed by atoms with Crippen LogP contribution < -0.4 is 0 Å². The number of pyridine rings is 2. The van der Waals surface area contributed by atoms with Crippen molar-refractivity contribution in [1.29, 1.82) is 0 Å². The van der Waals surface area contributed by atoms with Crippen LogP contribution in [0.4, 0.5) is 52.7 Å². The molecule has 234 valence electrons. The van der Waals surface area contributed by atoms with E-state index in [0.29, 0.717) is 0 Å². The molecule has 1 N–H and O–H groups in total. The average Bonchev–Trinajstić information content (AvgIpc) is 2.84. The van der Waals surface area contributed by atoms with Crippen LogP contribution in [0.15, 0.2) is 29.8 Å². The van der Waals surface area contributed by atoms with E-state index < -0.39 is 82.7 Å². The van der Waals surface area contributed by atoms with Crippen LogP contribution in [-0.2, 0) is 29.4 Å². The van der Waals surface area contributed by atoms with Crippen molar-refractivity contribution in [2.24, 2.45) is 0 Å². The van der Waals surface area contributed by atoms with E-state index in [-0.39, 0.29) is 24.3 Å². The Labute approximate surface area is 228 Å². The number of hydrogen-bond donors (Lipinski definition) is 1. The van der Waals surface area contributed by atoms with E-state index in [2.05, 4.69) is 23.8 Å². The minimum atomic E-state index is -5.37. The zero-order valence-corrected chi connectivity index (χ0v) is 22.6. The number of nitrogens with zero attached hydrogens (tertiary/aromatic N) is 2. The van der Waals surface area contributed by atoms with Gasteiger partial charge < -0.3 is 9.84 Å². The highest BCUT2D eigenvalue weighted by atomic mass is 19.4. The van der Waals surface area contributed by atoms with Crippen LogP contribution in [0.1, 0.15) is 88.0 Å². The molecule has 2 aromatic heterocycles. The number of aliphatic hydroxyl groups is 1. The second-order valence-corrected chi connectivity index (χ2v) is 7.56. The summed E-state index contributed by atoms with van der Waals surface area (Å²) >= 11 is 0. The minimum absolute atomic E-state index is 0.0434. The maximum Gasteiger partial charge on any atom is 0.433 e. The highest BCUT2D eigenvalue weighted by Gasteiger charge is 2.43. The van der Waals surface area contributed by atoms with Crippen molar-refractivity contribution in [1.82, 2.24) is 9.97 Å². The van der Waals surface area contributed by atoms with Crippen molar-refractivity contribution in [3.8, 4) is 0 Å². The molecule has 1 aliphatic heterocycles. The molecule has 1 saturated heterocycles. The molecule has 0 aliphatic carbocycles. The number of hydrogen-bond acceptors (Lipinski definition) is 4. The molecule has 1 unspecified atom stereocenters. The summed E-state index contributed by atoms with van der Waals surface area (Å²) in [5.41, 5.74) is -10.5. The van der Waals surface area contributed by atoms with Crippen molar-refractivity contribution in [2.45, 2.75) is 78.8 Å². The fourth-order valence-corrected chi connectivity index (χ4v) is 2.88. The predicted octanol–water partition coefficient (Wildman–Crippen LogP) is 10.1. The van der Waals surface area contributed by atoms with Crippen molar-refractivity contribution in [3.63, 3.8) is 0 Å². The van der Waals surface area contributed by atoms with E-state index in [4.69, 9.17) is 4.74 Å². The molecule has 41 heavy (non-hydrogen) atoms. The fraction of sp³-hybridized carbons (Fsp3) is 0.520. The Kier molecular flexibility index (Phi) is 13.6. The van der Waals surface area contributed by atoms with Crippen molar-refractivity contribution in [3.05, 3.63) is 63.7 Å². The lowest BCUT2D eigenvalue weighted by atomic mass is 9.93. The summed E-state index contributed by atoms with van der Waals surface area (Å²) in [6.45, 7) is 11.5. The largest absolute Gasteiger partial charge is 0.507 e. The predicted molar refractivity (Wildman–Crippen MR) is 125 cm³/mol. The summed E-state index contributed by atoms with van der Waals surface area (Å²) < 4.78 is 161. The van der Waals surface area contributed by atoms with E-state index in [9.17, 15) is 57.8 Å². The lowest BCUT2D eigenvalue weighted by Gasteiger charge is -2.32. The monoisotopic (exact) mass is 616 g/mol. The number of ether oxygens (including phenoxy) is 1. The minimum Gasteiger partial charge on any atom is -0.507 e. The standard InChI is InChI=1S/C18H8F12N2O2.C3H8.2C2H6/c19-15(20,21)9-1-6(2-10(31-9)16(22,23)24)13(33)8-5-34-14(8)7-3-11(17(25,26)27)32-12(4-7)18(28,29)30;1-3-2;2*1-2/h1-4,14,33H,5H2;3H2,1-2H3;2*1-2H3/b13-8-;;;. The van der Waals surface area contributed by atoms with Crippen LogP contribution in [0.3, 0.4) is 0 Å². The zero-order valence-electron chi connectivity index (χ0n) is 22.6. The first kappa shape index (κ1) is 38.0. The van der Waals surface area contributed by atoms with Crippen LogP contribution in [0.5, 0.6) is 0 Å². The molecule has 2 aromatic rings. The van der Waals surface area contributed by atoms with Crippen LogP contribution in [-0.4, -0.2) is 21.7 Å². The average molecular weight is 616 g/mol.